The first-order valence-electron chi connectivity index (χ1n) is 10.1. The average Bonchev–Trinajstić information content (AvgIpc) is 3.26. The lowest BCUT2D eigenvalue weighted by molar-refractivity contribution is -0.236. The van der Waals surface area contributed by atoms with Gasteiger partial charge in [0.2, 0.25) is 12.7 Å². The zero-order valence-electron chi connectivity index (χ0n) is 18.5. The second-order valence-corrected chi connectivity index (χ2v) is 7.98. The number of pyridine rings is 1. The average molecular weight is 456 g/mol. The SMILES string of the molecule is CC1(C(=O)O)COC(c2nc(-c3ccc(F)cc3)c(-c3ccncc3)[nH]2)OC1.CN(C)C=O. The first-order chi connectivity index (χ1) is 15.7. The molecule has 0 radical (unpaired) electrons. The Morgan fingerprint density at radius 3 is 2.24 bits per heavy atom. The van der Waals surface area contributed by atoms with Crippen molar-refractivity contribution in [3.05, 3.63) is 60.4 Å². The summed E-state index contributed by atoms with van der Waals surface area (Å²) in [5.74, 6) is -0.898. The molecule has 1 aliphatic rings. The number of ether oxygens (including phenoxy) is 2. The van der Waals surface area contributed by atoms with Crippen molar-refractivity contribution in [2.24, 2.45) is 5.41 Å². The number of hydrogen-bond acceptors (Lipinski definition) is 6. The lowest BCUT2D eigenvalue weighted by Gasteiger charge is -2.33. The normalized spacial score (nSPS) is 19.8. The van der Waals surface area contributed by atoms with Gasteiger partial charge in [-0.05, 0) is 43.3 Å². The zero-order chi connectivity index (χ0) is 24.0. The molecule has 0 saturated carbocycles. The van der Waals surface area contributed by atoms with Crippen molar-refractivity contribution < 1.29 is 28.6 Å². The van der Waals surface area contributed by atoms with Gasteiger partial charge in [0, 0.05) is 37.6 Å². The maximum Gasteiger partial charge on any atom is 0.314 e. The van der Waals surface area contributed by atoms with E-state index in [0.29, 0.717) is 17.2 Å². The van der Waals surface area contributed by atoms with Crippen LogP contribution in [-0.2, 0) is 19.1 Å². The van der Waals surface area contributed by atoms with E-state index in [9.17, 15) is 19.1 Å². The van der Waals surface area contributed by atoms with Gasteiger partial charge in [0.25, 0.3) is 0 Å². The molecule has 33 heavy (non-hydrogen) atoms. The van der Waals surface area contributed by atoms with Crippen molar-refractivity contribution in [1.82, 2.24) is 19.9 Å². The van der Waals surface area contributed by atoms with Crippen molar-refractivity contribution >= 4 is 12.4 Å². The summed E-state index contributed by atoms with van der Waals surface area (Å²) in [6, 6.07) is 9.68. The van der Waals surface area contributed by atoms with Crippen LogP contribution >= 0.6 is 0 Å². The Labute approximate surface area is 190 Å². The number of carbonyl (C=O) groups excluding carboxylic acids is 1. The third-order valence-corrected chi connectivity index (χ3v) is 4.87. The molecule has 10 heteroatoms. The molecule has 0 bridgehead atoms. The number of amides is 1. The first kappa shape index (κ1) is 24.0. The summed E-state index contributed by atoms with van der Waals surface area (Å²) in [6.45, 7) is 1.58. The predicted octanol–water partition coefficient (Wildman–Crippen LogP) is 3.12. The molecule has 3 aromatic rings. The lowest BCUT2D eigenvalue weighted by atomic mass is 9.92. The van der Waals surface area contributed by atoms with E-state index in [1.54, 1.807) is 45.5 Å². The van der Waals surface area contributed by atoms with Gasteiger partial charge in [-0.25, -0.2) is 9.37 Å². The Morgan fingerprint density at radius 2 is 1.73 bits per heavy atom. The predicted molar refractivity (Wildman–Crippen MR) is 117 cm³/mol. The van der Waals surface area contributed by atoms with Gasteiger partial charge in [0.15, 0.2) is 5.82 Å². The Morgan fingerprint density at radius 1 is 1.15 bits per heavy atom. The van der Waals surface area contributed by atoms with Crippen LogP contribution in [0.3, 0.4) is 0 Å². The van der Waals surface area contributed by atoms with Crippen molar-refractivity contribution in [3.63, 3.8) is 0 Å². The molecule has 9 nitrogen and oxygen atoms in total. The highest BCUT2D eigenvalue weighted by Gasteiger charge is 2.40. The summed E-state index contributed by atoms with van der Waals surface area (Å²) in [7, 11) is 3.38. The molecule has 3 heterocycles. The molecule has 2 aromatic heterocycles. The van der Waals surface area contributed by atoms with Crippen LogP contribution in [0.1, 0.15) is 19.0 Å². The molecule has 2 N–H and O–H groups in total. The minimum Gasteiger partial charge on any atom is -0.481 e. The number of imidazole rings is 1. The minimum atomic E-state index is -1.10. The summed E-state index contributed by atoms with van der Waals surface area (Å²) in [6.07, 6.45) is 3.26. The van der Waals surface area contributed by atoms with Gasteiger partial charge in [-0.15, -0.1) is 0 Å². The quantitative estimate of drug-likeness (QED) is 0.567. The maximum atomic E-state index is 13.3. The van der Waals surface area contributed by atoms with E-state index < -0.39 is 17.7 Å². The van der Waals surface area contributed by atoms with Gasteiger partial charge in [-0.3, -0.25) is 14.6 Å². The number of aromatic nitrogens is 3. The molecule has 4 rings (SSSR count). The van der Waals surface area contributed by atoms with Gasteiger partial charge in [-0.2, -0.15) is 0 Å². The van der Waals surface area contributed by atoms with E-state index in [4.69, 9.17) is 9.47 Å². The molecule has 1 saturated heterocycles. The molecule has 1 amide bonds. The van der Waals surface area contributed by atoms with Crippen LogP contribution in [-0.4, -0.2) is 64.6 Å². The minimum absolute atomic E-state index is 0.00414. The van der Waals surface area contributed by atoms with E-state index in [1.165, 1.54) is 17.0 Å². The van der Waals surface area contributed by atoms with Gasteiger partial charge in [-0.1, -0.05) is 0 Å². The fourth-order valence-corrected chi connectivity index (χ4v) is 2.94. The van der Waals surface area contributed by atoms with Gasteiger partial charge >= 0.3 is 5.97 Å². The number of nitrogens with zero attached hydrogens (tertiary/aromatic N) is 3. The summed E-state index contributed by atoms with van der Waals surface area (Å²) >= 11 is 0. The first-order valence-corrected chi connectivity index (χ1v) is 10.1. The number of nitrogens with one attached hydrogen (secondary N) is 1. The summed E-state index contributed by atoms with van der Waals surface area (Å²) < 4.78 is 24.6. The molecular formula is C23H25FN4O5. The monoisotopic (exact) mass is 456 g/mol. The van der Waals surface area contributed by atoms with Crippen LogP contribution < -0.4 is 0 Å². The van der Waals surface area contributed by atoms with Crippen molar-refractivity contribution in [1.29, 1.82) is 0 Å². The molecule has 0 unspecified atom stereocenters. The number of carbonyl (C=O) groups is 2. The molecule has 1 aromatic carbocycles. The number of aromatic amines is 1. The van der Waals surface area contributed by atoms with Crippen LogP contribution in [0, 0.1) is 11.2 Å². The number of carboxylic acid groups (broad SMARTS) is 1. The van der Waals surface area contributed by atoms with E-state index in [-0.39, 0.29) is 19.0 Å². The van der Waals surface area contributed by atoms with E-state index in [2.05, 4.69) is 15.0 Å². The zero-order valence-corrected chi connectivity index (χ0v) is 18.5. The van der Waals surface area contributed by atoms with Crippen molar-refractivity contribution in [2.75, 3.05) is 27.3 Å². The standard InChI is InChI=1S/C20H18FN3O4.C3H7NO/c1-20(19(25)26)10-27-18(28-11-20)17-23-15(12-2-4-14(21)5-3-12)16(24-17)13-6-8-22-9-7-13;1-4(2)3-5/h2-9,18H,10-11H2,1H3,(H,23,24)(H,25,26);3H,1-2H3. The summed E-state index contributed by atoms with van der Waals surface area (Å²) in [5.41, 5.74) is 1.79. The highest BCUT2D eigenvalue weighted by Crippen LogP contribution is 2.35. The second kappa shape index (κ2) is 10.3. The summed E-state index contributed by atoms with van der Waals surface area (Å²) in [5, 5.41) is 9.30. The number of H-pyrrole nitrogens is 1. The number of benzene rings is 1. The molecule has 0 spiro atoms. The number of halogens is 1. The Hall–Kier alpha value is -3.63. The molecule has 1 fully saturated rings. The van der Waals surface area contributed by atoms with Crippen LogP contribution in [0.5, 0.6) is 0 Å². The van der Waals surface area contributed by atoms with Crippen molar-refractivity contribution in [2.45, 2.75) is 13.2 Å². The largest absolute Gasteiger partial charge is 0.481 e. The van der Waals surface area contributed by atoms with Gasteiger partial charge < -0.3 is 24.5 Å². The van der Waals surface area contributed by atoms with Crippen LogP contribution in [0.25, 0.3) is 22.5 Å². The smallest absolute Gasteiger partial charge is 0.314 e. The molecular weight excluding hydrogens is 431 g/mol. The van der Waals surface area contributed by atoms with Crippen LogP contribution in [0.4, 0.5) is 4.39 Å². The lowest BCUT2D eigenvalue weighted by Crippen LogP contribution is -2.42. The number of aliphatic carboxylic acids is 1. The fourth-order valence-electron chi connectivity index (χ4n) is 2.94. The van der Waals surface area contributed by atoms with Crippen LogP contribution in [0.2, 0.25) is 0 Å². The topological polar surface area (TPSA) is 118 Å². The van der Waals surface area contributed by atoms with E-state index in [1.807, 2.05) is 12.1 Å². The number of hydrogen-bond donors (Lipinski definition) is 2. The third kappa shape index (κ3) is 5.79. The van der Waals surface area contributed by atoms with Gasteiger partial charge in [0.05, 0.1) is 24.6 Å². The second-order valence-electron chi connectivity index (χ2n) is 7.98. The van der Waals surface area contributed by atoms with Crippen LogP contribution in [0.15, 0.2) is 48.8 Å². The number of carboxylic acids is 1. The number of rotatable bonds is 5. The molecule has 0 atom stereocenters. The summed E-state index contributed by atoms with van der Waals surface area (Å²) in [4.78, 5) is 34.1. The Balaban J connectivity index is 0.000000555. The highest BCUT2D eigenvalue weighted by atomic mass is 19.1. The molecule has 174 valence electrons. The van der Waals surface area contributed by atoms with E-state index >= 15 is 0 Å². The Bertz CT molecular complexity index is 1080. The highest BCUT2D eigenvalue weighted by molar-refractivity contribution is 5.78. The van der Waals surface area contributed by atoms with Gasteiger partial charge in [0.1, 0.15) is 11.2 Å². The molecule has 1 aliphatic heterocycles. The molecule has 0 aliphatic carbocycles. The Kier molecular flexibility index (Phi) is 7.52. The fraction of sp³-hybridized carbons (Fsp3) is 0.304. The third-order valence-electron chi connectivity index (χ3n) is 4.87. The van der Waals surface area contributed by atoms with Crippen molar-refractivity contribution in [3.8, 4) is 22.5 Å². The van der Waals surface area contributed by atoms with E-state index in [0.717, 1.165) is 17.5 Å². The maximum absolute atomic E-state index is 13.3.